The Morgan fingerprint density at radius 3 is 3.00 bits per heavy atom. The van der Waals surface area contributed by atoms with Gasteiger partial charge in [-0.1, -0.05) is 18.2 Å². The average Bonchev–Trinajstić information content (AvgIpc) is 3.22. The summed E-state index contributed by atoms with van der Waals surface area (Å²) in [5, 5.41) is 9.68. The number of aromatic nitrogens is 3. The van der Waals surface area contributed by atoms with Gasteiger partial charge in [0.2, 0.25) is 5.91 Å². The molecule has 1 atom stereocenters. The maximum absolute atomic E-state index is 12.8. The molecular weight excluding hydrogens is 332 g/mol. The highest BCUT2D eigenvalue weighted by molar-refractivity contribution is 5.96. The van der Waals surface area contributed by atoms with E-state index in [9.17, 15) is 4.79 Å². The van der Waals surface area contributed by atoms with Gasteiger partial charge in [-0.15, -0.1) is 0 Å². The number of carbonyl (C=O) groups excluding carboxylic acids is 1. The van der Waals surface area contributed by atoms with Crippen LogP contribution in [0.2, 0.25) is 0 Å². The highest BCUT2D eigenvalue weighted by atomic mass is 16.5. The Kier molecular flexibility index (Phi) is 4.27. The number of hydrogen-bond acceptors (Lipinski definition) is 5. The van der Waals surface area contributed by atoms with Crippen molar-refractivity contribution in [3.63, 3.8) is 0 Å². The molecule has 0 aliphatic carbocycles. The molecule has 3 aromatic rings. The summed E-state index contributed by atoms with van der Waals surface area (Å²) in [5.41, 5.74) is 2.48. The number of ether oxygens (including phenoxy) is 2. The lowest BCUT2D eigenvalue weighted by Gasteiger charge is -2.25. The standard InChI is InChI=1S/C19H18N4O3/c1-25-14-7-6-12-8-13(10-26-17(12)9-14)19(24)22-16-5-3-2-4-15(16)18-20-11-21-23-18/h2-7,9,11,13H,8,10H2,1H3,(H,22,24)(H,20,21,23). The first kappa shape index (κ1) is 16.1. The van der Waals surface area contributed by atoms with Crippen LogP contribution in [0.4, 0.5) is 5.69 Å². The first-order chi connectivity index (χ1) is 12.7. The maximum Gasteiger partial charge on any atom is 0.231 e. The smallest absolute Gasteiger partial charge is 0.231 e. The van der Waals surface area contributed by atoms with Crippen molar-refractivity contribution in [2.75, 3.05) is 19.0 Å². The van der Waals surface area contributed by atoms with E-state index in [1.54, 1.807) is 7.11 Å². The largest absolute Gasteiger partial charge is 0.497 e. The molecule has 1 aromatic heterocycles. The van der Waals surface area contributed by atoms with E-state index >= 15 is 0 Å². The molecule has 7 nitrogen and oxygen atoms in total. The molecule has 0 fully saturated rings. The van der Waals surface area contributed by atoms with Crippen LogP contribution in [0.25, 0.3) is 11.4 Å². The highest BCUT2D eigenvalue weighted by Crippen LogP contribution is 2.32. The predicted molar refractivity (Wildman–Crippen MR) is 96.1 cm³/mol. The fraction of sp³-hybridized carbons (Fsp3) is 0.211. The lowest BCUT2D eigenvalue weighted by molar-refractivity contribution is -0.121. The maximum atomic E-state index is 12.8. The summed E-state index contributed by atoms with van der Waals surface area (Å²) in [6.45, 7) is 0.330. The molecule has 1 aliphatic heterocycles. The fourth-order valence-electron chi connectivity index (χ4n) is 3.02. The number of amides is 1. The van der Waals surface area contributed by atoms with Crippen LogP contribution in [0.15, 0.2) is 48.8 Å². The predicted octanol–water partition coefficient (Wildman–Crippen LogP) is 2.67. The zero-order valence-electron chi connectivity index (χ0n) is 14.2. The zero-order chi connectivity index (χ0) is 17.9. The van der Waals surface area contributed by atoms with E-state index in [0.29, 0.717) is 24.5 Å². The molecule has 0 spiro atoms. The van der Waals surface area contributed by atoms with E-state index in [4.69, 9.17) is 9.47 Å². The summed E-state index contributed by atoms with van der Waals surface area (Å²) < 4.78 is 11.0. The molecule has 0 saturated carbocycles. The number of para-hydroxylation sites is 1. The zero-order valence-corrected chi connectivity index (χ0v) is 14.2. The van der Waals surface area contributed by atoms with E-state index < -0.39 is 0 Å². The molecule has 132 valence electrons. The third-order valence-corrected chi connectivity index (χ3v) is 4.41. The number of nitrogens with zero attached hydrogens (tertiary/aromatic N) is 2. The highest BCUT2D eigenvalue weighted by Gasteiger charge is 2.27. The normalized spacial score (nSPS) is 15.7. The third-order valence-electron chi connectivity index (χ3n) is 4.41. The molecule has 4 rings (SSSR count). The summed E-state index contributed by atoms with van der Waals surface area (Å²) in [4.78, 5) is 16.9. The van der Waals surface area contributed by atoms with Gasteiger partial charge in [-0.3, -0.25) is 9.89 Å². The lowest BCUT2D eigenvalue weighted by Crippen LogP contribution is -2.32. The Morgan fingerprint density at radius 2 is 2.19 bits per heavy atom. The van der Waals surface area contributed by atoms with E-state index in [0.717, 1.165) is 22.6 Å². The second-order valence-corrected chi connectivity index (χ2v) is 6.05. The van der Waals surface area contributed by atoms with E-state index in [1.807, 2.05) is 42.5 Å². The van der Waals surface area contributed by atoms with E-state index in [-0.39, 0.29) is 11.8 Å². The van der Waals surface area contributed by atoms with Gasteiger partial charge >= 0.3 is 0 Å². The van der Waals surface area contributed by atoms with Gasteiger partial charge in [-0.25, -0.2) is 4.98 Å². The molecule has 1 amide bonds. The second kappa shape index (κ2) is 6.87. The first-order valence-electron chi connectivity index (χ1n) is 8.30. The average molecular weight is 350 g/mol. The van der Waals surface area contributed by atoms with Crippen molar-refractivity contribution < 1.29 is 14.3 Å². The number of fused-ring (bicyclic) bond motifs is 1. The van der Waals surface area contributed by atoms with Crippen molar-refractivity contribution in [1.29, 1.82) is 0 Å². The number of H-pyrrole nitrogens is 1. The molecular formula is C19H18N4O3. The number of aromatic amines is 1. The molecule has 1 unspecified atom stereocenters. The molecule has 26 heavy (non-hydrogen) atoms. The number of rotatable bonds is 4. The number of methoxy groups -OCH3 is 1. The fourth-order valence-corrected chi connectivity index (χ4v) is 3.02. The monoisotopic (exact) mass is 350 g/mol. The Labute approximate surface area is 150 Å². The van der Waals surface area contributed by atoms with Gasteiger partial charge < -0.3 is 14.8 Å². The third kappa shape index (κ3) is 3.11. The minimum atomic E-state index is -0.265. The van der Waals surface area contributed by atoms with Gasteiger partial charge in [0.25, 0.3) is 0 Å². The van der Waals surface area contributed by atoms with Crippen molar-refractivity contribution in [2.45, 2.75) is 6.42 Å². The van der Waals surface area contributed by atoms with Gasteiger partial charge in [0.05, 0.1) is 18.7 Å². The van der Waals surface area contributed by atoms with Gasteiger partial charge in [0.15, 0.2) is 5.82 Å². The van der Waals surface area contributed by atoms with Crippen LogP contribution in [0.3, 0.4) is 0 Å². The Balaban J connectivity index is 1.51. The van der Waals surface area contributed by atoms with Crippen LogP contribution in [0, 0.1) is 5.92 Å². The molecule has 0 saturated heterocycles. The van der Waals surface area contributed by atoms with E-state index in [2.05, 4.69) is 20.5 Å². The van der Waals surface area contributed by atoms with Crippen LogP contribution in [-0.4, -0.2) is 34.8 Å². The topological polar surface area (TPSA) is 89.1 Å². The summed E-state index contributed by atoms with van der Waals surface area (Å²) in [6, 6.07) is 13.2. The minimum Gasteiger partial charge on any atom is -0.497 e. The van der Waals surface area contributed by atoms with Crippen LogP contribution < -0.4 is 14.8 Å². The molecule has 1 aliphatic rings. The quantitative estimate of drug-likeness (QED) is 0.755. The second-order valence-electron chi connectivity index (χ2n) is 6.05. The molecule has 2 heterocycles. The van der Waals surface area contributed by atoms with Crippen molar-refractivity contribution in [2.24, 2.45) is 5.92 Å². The Hall–Kier alpha value is -3.35. The van der Waals surface area contributed by atoms with Crippen LogP contribution in [0.1, 0.15) is 5.56 Å². The van der Waals surface area contributed by atoms with Gasteiger partial charge in [-0.05, 0) is 30.2 Å². The molecule has 2 N–H and O–H groups in total. The lowest BCUT2D eigenvalue weighted by atomic mass is 9.95. The summed E-state index contributed by atoms with van der Waals surface area (Å²) in [6.07, 6.45) is 2.06. The molecule has 2 aromatic carbocycles. The first-order valence-corrected chi connectivity index (χ1v) is 8.30. The molecule has 7 heteroatoms. The SMILES string of the molecule is COc1ccc2c(c1)OCC(C(=O)Nc1ccccc1-c1ncn[nH]1)C2. The number of hydrogen-bond donors (Lipinski definition) is 2. The number of nitrogens with one attached hydrogen (secondary N) is 2. The Bertz CT molecular complexity index is 924. The van der Waals surface area contributed by atoms with Crippen LogP contribution in [-0.2, 0) is 11.2 Å². The van der Waals surface area contributed by atoms with Gasteiger partial charge in [0, 0.05) is 11.6 Å². The van der Waals surface area contributed by atoms with Crippen molar-refractivity contribution in [1.82, 2.24) is 15.2 Å². The minimum absolute atomic E-state index is 0.0848. The number of benzene rings is 2. The summed E-state index contributed by atoms with van der Waals surface area (Å²) in [7, 11) is 1.62. The Morgan fingerprint density at radius 1 is 1.31 bits per heavy atom. The van der Waals surface area contributed by atoms with Crippen molar-refractivity contribution in [3.05, 3.63) is 54.4 Å². The summed E-state index contributed by atoms with van der Waals surface area (Å²) >= 11 is 0. The van der Waals surface area contributed by atoms with Crippen LogP contribution in [0.5, 0.6) is 11.5 Å². The summed E-state index contributed by atoms with van der Waals surface area (Å²) in [5.74, 6) is 1.78. The molecule has 0 bridgehead atoms. The van der Waals surface area contributed by atoms with E-state index in [1.165, 1.54) is 6.33 Å². The van der Waals surface area contributed by atoms with Crippen molar-refractivity contribution in [3.8, 4) is 22.9 Å². The number of carbonyl (C=O) groups is 1. The van der Waals surface area contributed by atoms with Crippen molar-refractivity contribution >= 4 is 11.6 Å². The van der Waals surface area contributed by atoms with Gasteiger partial charge in [0.1, 0.15) is 24.4 Å². The van der Waals surface area contributed by atoms with Crippen LogP contribution >= 0.6 is 0 Å². The number of anilines is 1. The molecule has 0 radical (unpaired) electrons. The van der Waals surface area contributed by atoms with Gasteiger partial charge in [-0.2, -0.15) is 5.10 Å².